The molecular formula is C18H16N2O4. The van der Waals surface area contributed by atoms with Crippen LogP contribution in [-0.2, 0) is 19.2 Å². The molecule has 6 heteroatoms. The first-order valence-corrected chi connectivity index (χ1v) is 6.86. The molecule has 0 atom stereocenters. The van der Waals surface area contributed by atoms with Crippen LogP contribution in [0.2, 0.25) is 0 Å². The van der Waals surface area contributed by atoms with Crippen molar-refractivity contribution in [3.8, 4) is 0 Å². The second-order valence-electron chi connectivity index (χ2n) is 4.41. The molecule has 0 aromatic heterocycles. The Bertz CT molecular complexity index is 650. The Morgan fingerprint density at radius 2 is 0.917 bits per heavy atom. The van der Waals surface area contributed by atoms with Crippen molar-refractivity contribution in [2.24, 2.45) is 0 Å². The highest BCUT2D eigenvalue weighted by Gasteiger charge is 2.07. The fourth-order valence-electron chi connectivity index (χ4n) is 1.59. The first-order chi connectivity index (χ1) is 11.5. The summed E-state index contributed by atoms with van der Waals surface area (Å²) in [6.07, 6.45) is 8.45. The van der Waals surface area contributed by atoms with Crippen LogP contribution in [0.3, 0.4) is 0 Å². The third-order valence-corrected chi connectivity index (χ3v) is 2.70. The lowest BCUT2D eigenvalue weighted by atomic mass is 10.1. The molecule has 0 radical (unpaired) electrons. The summed E-state index contributed by atoms with van der Waals surface area (Å²) in [4.78, 5) is 40.1. The van der Waals surface area contributed by atoms with E-state index >= 15 is 0 Å². The van der Waals surface area contributed by atoms with Crippen LogP contribution in [0.25, 0.3) is 12.2 Å². The number of carbonyl (C=O) groups excluding carboxylic acids is 4. The standard InChI is InChI=1S/C10H10.2C4H3NO2/c1-3-9-7-5-6-8-10(9)4-2;2*6-3-1-2-4(7)5-3/h3-8H,1-2H2;2*1-2H,(H,5,6,7). The van der Waals surface area contributed by atoms with Gasteiger partial charge in [-0.15, -0.1) is 0 Å². The number of hydrogen-bond donors (Lipinski definition) is 2. The van der Waals surface area contributed by atoms with Crippen LogP contribution in [-0.4, -0.2) is 23.6 Å². The van der Waals surface area contributed by atoms with E-state index in [-0.39, 0.29) is 23.6 Å². The highest BCUT2D eigenvalue weighted by molar-refractivity contribution is 6.13. The Kier molecular flexibility index (Phi) is 7.30. The zero-order valence-electron chi connectivity index (χ0n) is 12.8. The lowest BCUT2D eigenvalue weighted by Crippen LogP contribution is -2.19. The van der Waals surface area contributed by atoms with Crippen molar-refractivity contribution >= 4 is 35.8 Å². The smallest absolute Gasteiger partial charge is 0.250 e. The van der Waals surface area contributed by atoms with Crippen molar-refractivity contribution in [3.63, 3.8) is 0 Å². The summed E-state index contributed by atoms with van der Waals surface area (Å²) in [6.45, 7) is 7.38. The van der Waals surface area contributed by atoms with Gasteiger partial charge in [-0.3, -0.25) is 29.8 Å². The van der Waals surface area contributed by atoms with Crippen molar-refractivity contribution in [1.29, 1.82) is 0 Å². The molecule has 2 N–H and O–H groups in total. The Balaban J connectivity index is 0.000000185. The Morgan fingerprint density at radius 3 is 1.08 bits per heavy atom. The molecule has 6 nitrogen and oxygen atoms in total. The van der Waals surface area contributed by atoms with E-state index in [4.69, 9.17) is 0 Å². The quantitative estimate of drug-likeness (QED) is 0.804. The molecule has 122 valence electrons. The minimum absolute atomic E-state index is 0.329. The van der Waals surface area contributed by atoms with Gasteiger partial charge in [0.15, 0.2) is 0 Å². The Morgan fingerprint density at radius 1 is 0.625 bits per heavy atom. The van der Waals surface area contributed by atoms with E-state index in [9.17, 15) is 19.2 Å². The van der Waals surface area contributed by atoms with Gasteiger partial charge in [0, 0.05) is 24.3 Å². The monoisotopic (exact) mass is 324 g/mol. The summed E-state index contributed by atoms with van der Waals surface area (Å²) >= 11 is 0. The molecule has 2 aliphatic rings. The van der Waals surface area contributed by atoms with Crippen LogP contribution in [0, 0.1) is 0 Å². The van der Waals surface area contributed by atoms with E-state index < -0.39 is 0 Å². The summed E-state index contributed by atoms with van der Waals surface area (Å²) < 4.78 is 0. The summed E-state index contributed by atoms with van der Waals surface area (Å²) in [5, 5.41) is 4.06. The highest BCUT2D eigenvalue weighted by Crippen LogP contribution is 2.10. The Hall–Kier alpha value is -3.54. The van der Waals surface area contributed by atoms with Gasteiger partial charge in [-0.25, -0.2) is 0 Å². The average molecular weight is 324 g/mol. The number of carbonyl (C=O) groups is 4. The molecule has 2 heterocycles. The lowest BCUT2D eigenvalue weighted by molar-refractivity contribution is -0.125. The number of hydrogen-bond acceptors (Lipinski definition) is 4. The van der Waals surface area contributed by atoms with Crippen molar-refractivity contribution in [2.75, 3.05) is 0 Å². The minimum atomic E-state index is -0.329. The van der Waals surface area contributed by atoms with Gasteiger partial charge in [0.1, 0.15) is 0 Å². The largest absolute Gasteiger partial charge is 0.289 e. The van der Waals surface area contributed by atoms with E-state index in [2.05, 4.69) is 13.2 Å². The number of imide groups is 2. The highest BCUT2D eigenvalue weighted by atomic mass is 16.2. The zero-order valence-corrected chi connectivity index (χ0v) is 12.8. The maximum Gasteiger partial charge on any atom is 0.250 e. The zero-order chi connectivity index (χ0) is 17.9. The maximum atomic E-state index is 10.0. The van der Waals surface area contributed by atoms with Crippen molar-refractivity contribution in [2.45, 2.75) is 0 Å². The predicted octanol–water partition coefficient (Wildman–Crippen LogP) is 1.37. The molecule has 0 spiro atoms. The van der Waals surface area contributed by atoms with Gasteiger partial charge in [0.05, 0.1) is 0 Å². The van der Waals surface area contributed by atoms with Gasteiger partial charge in [0.2, 0.25) is 0 Å². The van der Waals surface area contributed by atoms with Crippen LogP contribution in [0.5, 0.6) is 0 Å². The summed E-state index contributed by atoms with van der Waals surface area (Å²) in [5.74, 6) is -1.31. The molecule has 4 amide bonds. The molecule has 0 saturated heterocycles. The van der Waals surface area contributed by atoms with Crippen molar-refractivity contribution < 1.29 is 19.2 Å². The van der Waals surface area contributed by atoms with Crippen molar-refractivity contribution in [3.05, 3.63) is 72.9 Å². The average Bonchev–Trinajstić information content (AvgIpc) is 3.15. The molecule has 24 heavy (non-hydrogen) atoms. The fourth-order valence-corrected chi connectivity index (χ4v) is 1.59. The molecule has 0 unspecified atom stereocenters. The lowest BCUT2D eigenvalue weighted by Gasteiger charge is -1.96. The van der Waals surface area contributed by atoms with Crippen LogP contribution < -0.4 is 10.6 Å². The third kappa shape index (κ3) is 6.48. The molecule has 0 fully saturated rings. The third-order valence-electron chi connectivity index (χ3n) is 2.70. The molecule has 1 aromatic rings. The fraction of sp³-hybridized carbons (Fsp3) is 0. The SMILES string of the molecule is C=Cc1ccccc1C=C.O=C1C=CC(=O)N1.O=C1C=CC(=O)N1. The van der Waals surface area contributed by atoms with E-state index in [0.29, 0.717) is 0 Å². The molecule has 0 bridgehead atoms. The van der Waals surface area contributed by atoms with Gasteiger partial charge in [-0.2, -0.15) is 0 Å². The van der Waals surface area contributed by atoms with E-state index in [0.717, 1.165) is 11.1 Å². The number of nitrogens with one attached hydrogen (secondary N) is 2. The predicted molar refractivity (Wildman–Crippen MR) is 91.2 cm³/mol. The van der Waals surface area contributed by atoms with Gasteiger partial charge in [-0.1, -0.05) is 49.6 Å². The van der Waals surface area contributed by atoms with Gasteiger partial charge in [0.25, 0.3) is 23.6 Å². The second kappa shape index (κ2) is 9.47. The molecule has 3 rings (SSSR count). The molecule has 0 aliphatic carbocycles. The molecule has 0 saturated carbocycles. The van der Waals surface area contributed by atoms with E-state index in [1.165, 1.54) is 24.3 Å². The second-order valence-corrected chi connectivity index (χ2v) is 4.41. The topological polar surface area (TPSA) is 92.3 Å². The number of rotatable bonds is 2. The van der Waals surface area contributed by atoms with Gasteiger partial charge < -0.3 is 0 Å². The van der Waals surface area contributed by atoms with Crippen LogP contribution in [0.15, 0.2) is 61.7 Å². The van der Waals surface area contributed by atoms with Crippen LogP contribution in [0.1, 0.15) is 11.1 Å². The minimum Gasteiger partial charge on any atom is -0.289 e. The van der Waals surface area contributed by atoms with Crippen LogP contribution >= 0.6 is 0 Å². The van der Waals surface area contributed by atoms with E-state index in [1.54, 1.807) is 0 Å². The normalized spacial score (nSPS) is 14.0. The summed E-state index contributed by atoms with van der Waals surface area (Å²) in [5.41, 5.74) is 2.27. The number of benzene rings is 1. The Labute approximate surface area is 139 Å². The molecular weight excluding hydrogens is 308 g/mol. The molecule has 2 aliphatic heterocycles. The van der Waals surface area contributed by atoms with Crippen molar-refractivity contribution in [1.82, 2.24) is 10.6 Å². The molecule has 1 aromatic carbocycles. The van der Waals surface area contributed by atoms with Gasteiger partial charge >= 0.3 is 0 Å². The van der Waals surface area contributed by atoms with Gasteiger partial charge in [-0.05, 0) is 11.1 Å². The maximum absolute atomic E-state index is 10.0. The van der Waals surface area contributed by atoms with Crippen LogP contribution in [0.4, 0.5) is 0 Å². The summed E-state index contributed by atoms with van der Waals surface area (Å²) in [7, 11) is 0. The summed E-state index contributed by atoms with van der Waals surface area (Å²) in [6, 6.07) is 8.02. The first-order valence-electron chi connectivity index (χ1n) is 6.86. The van der Waals surface area contributed by atoms with E-state index in [1.807, 2.05) is 47.1 Å². The number of amides is 4. The first kappa shape index (κ1) is 18.5.